The van der Waals surface area contributed by atoms with Crippen molar-refractivity contribution in [3.05, 3.63) is 16.8 Å². The number of aliphatic hydroxyl groups is 1. The Morgan fingerprint density at radius 1 is 1.27 bits per heavy atom. The molecule has 1 fully saturated rings. The second kappa shape index (κ2) is 8.30. The smallest absolute Gasteiger partial charge is 0.410 e. The third-order valence-electron chi connectivity index (χ3n) is 6.22. The largest absolute Gasteiger partial charge is 0.444 e. The van der Waals surface area contributed by atoms with Gasteiger partial charge in [0.15, 0.2) is 0 Å². The number of ether oxygens (including phenoxy) is 1. The lowest BCUT2D eigenvalue weighted by Gasteiger charge is -2.36. The van der Waals surface area contributed by atoms with Gasteiger partial charge in [0.25, 0.3) is 0 Å². The highest BCUT2D eigenvalue weighted by Gasteiger charge is 2.32. The first-order valence-corrected chi connectivity index (χ1v) is 11.7. The molecular weight excluding hydrogens is 400 g/mol. The number of aryl methyl sites for hydroxylation is 1. The van der Waals surface area contributed by atoms with Crippen LogP contribution in [0.3, 0.4) is 0 Å². The highest BCUT2D eigenvalue weighted by Crippen LogP contribution is 2.45. The molecule has 2 aromatic heterocycles. The van der Waals surface area contributed by atoms with Crippen molar-refractivity contribution in [2.75, 3.05) is 19.0 Å². The summed E-state index contributed by atoms with van der Waals surface area (Å²) in [6.07, 6.45) is 7.21. The van der Waals surface area contributed by atoms with Gasteiger partial charge >= 0.3 is 6.09 Å². The zero-order valence-corrected chi connectivity index (χ0v) is 19.1. The van der Waals surface area contributed by atoms with Crippen LogP contribution in [0.25, 0.3) is 10.2 Å². The molecule has 7 nitrogen and oxygen atoms in total. The molecule has 2 aliphatic rings. The molecule has 0 aliphatic heterocycles. The predicted octanol–water partition coefficient (Wildman–Crippen LogP) is 4.30. The fourth-order valence-corrected chi connectivity index (χ4v) is 5.88. The van der Waals surface area contributed by atoms with Crippen LogP contribution in [0, 0.1) is 0 Å². The van der Waals surface area contributed by atoms with Crippen LogP contribution in [-0.4, -0.2) is 57.4 Å². The van der Waals surface area contributed by atoms with E-state index in [-0.39, 0.29) is 24.7 Å². The Labute approximate surface area is 181 Å². The van der Waals surface area contributed by atoms with Gasteiger partial charge < -0.3 is 20.1 Å². The van der Waals surface area contributed by atoms with Crippen molar-refractivity contribution < 1.29 is 14.6 Å². The van der Waals surface area contributed by atoms with Crippen molar-refractivity contribution in [2.24, 2.45) is 0 Å². The summed E-state index contributed by atoms with van der Waals surface area (Å²) in [5.74, 6) is 1.08. The number of aliphatic hydroxyl groups excluding tert-OH is 1. The van der Waals surface area contributed by atoms with Gasteiger partial charge in [-0.25, -0.2) is 14.8 Å². The number of hydrogen-bond donors (Lipinski definition) is 2. The van der Waals surface area contributed by atoms with E-state index in [0.29, 0.717) is 6.04 Å². The van der Waals surface area contributed by atoms with E-state index in [1.54, 1.807) is 22.6 Å². The van der Waals surface area contributed by atoms with Crippen molar-refractivity contribution >= 4 is 33.5 Å². The maximum absolute atomic E-state index is 12.4. The number of aromatic nitrogens is 2. The van der Waals surface area contributed by atoms with Crippen molar-refractivity contribution in [3.63, 3.8) is 0 Å². The molecule has 0 saturated heterocycles. The topological polar surface area (TPSA) is 87.6 Å². The number of thiophene rings is 1. The molecule has 1 amide bonds. The van der Waals surface area contributed by atoms with Crippen LogP contribution in [0.5, 0.6) is 0 Å². The normalized spacial score (nSPS) is 24.0. The summed E-state index contributed by atoms with van der Waals surface area (Å²) in [6.45, 7) is 5.86. The second-order valence-corrected chi connectivity index (χ2v) is 10.6. The van der Waals surface area contributed by atoms with E-state index in [4.69, 9.17) is 4.74 Å². The first-order chi connectivity index (χ1) is 14.3. The van der Waals surface area contributed by atoms with Crippen LogP contribution in [0.2, 0.25) is 0 Å². The number of hydrogen-bond acceptors (Lipinski definition) is 7. The van der Waals surface area contributed by atoms with Crippen LogP contribution in [0.15, 0.2) is 6.33 Å². The van der Waals surface area contributed by atoms with Crippen molar-refractivity contribution in [1.29, 1.82) is 0 Å². The quantitative estimate of drug-likeness (QED) is 0.749. The van der Waals surface area contributed by atoms with Gasteiger partial charge in [0.2, 0.25) is 0 Å². The van der Waals surface area contributed by atoms with E-state index in [9.17, 15) is 9.90 Å². The van der Waals surface area contributed by atoms with Gasteiger partial charge in [0, 0.05) is 29.9 Å². The number of nitrogens with one attached hydrogen (secondary N) is 1. The minimum atomic E-state index is -0.476. The summed E-state index contributed by atoms with van der Waals surface area (Å²) in [4.78, 5) is 25.5. The highest BCUT2D eigenvalue weighted by molar-refractivity contribution is 7.19. The van der Waals surface area contributed by atoms with E-state index in [2.05, 4.69) is 15.3 Å². The number of carbonyl (C=O) groups is 1. The minimum absolute atomic E-state index is 0.176. The summed E-state index contributed by atoms with van der Waals surface area (Å²) < 4.78 is 5.51. The lowest BCUT2D eigenvalue weighted by atomic mass is 9.90. The number of carbonyl (C=O) groups excluding carboxylic acids is 1. The van der Waals surface area contributed by atoms with Crippen molar-refractivity contribution in [1.82, 2.24) is 14.9 Å². The monoisotopic (exact) mass is 432 g/mol. The molecule has 0 bridgehead atoms. The molecular formula is C22H32N4O3S. The first kappa shape index (κ1) is 21.3. The van der Waals surface area contributed by atoms with Crippen LogP contribution in [0.4, 0.5) is 10.6 Å². The molecule has 0 aromatic carbocycles. The number of rotatable bonds is 4. The summed E-state index contributed by atoms with van der Waals surface area (Å²) in [6, 6.07) is 0.517. The third kappa shape index (κ3) is 4.25. The average molecular weight is 433 g/mol. The fraction of sp³-hybridized carbons (Fsp3) is 0.682. The Morgan fingerprint density at radius 3 is 2.67 bits per heavy atom. The van der Waals surface area contributed by atoms with Gasteiger partial charge in [-0.15, -0.1) is 11.3 Å². The lowest BCUT2D eigenvalue weighted by molar-refractivity contribution is 0.0185. The zero-order chi connectivity index (χ0) is 21.5. The average Bonchev–Trinajstić information content (AvgIpc) is 3.26. The fourth-order valence-electron chi connectivity index (χ4n) is 4.64. The van der Waals surface area contributed by atoms with E-state index in [1.807, 2.05) is 27.8 Å². The standard InChI is InChI=1S/C22H32N4O3S/c1-22(2,3)29-21(28)26(4)15-8-6-14(7-9-15)25-19-18-17-13(11-27)5-10-16(17)30-20(18)24-12-23-19/h12-15,27H,5-11H2,1-4H3,(H,23,24,25)/t13-,14-,15-/m1/s1. The molecule has 2 heterocycles. The summed E-state index contributed by atoms with van der Waals surface area (Å²) in [5, 5.41) is 14.6. The summed E-state index contributed by atoms with van der Waals surface area (Å²) in [5.41, 5.74) is 0.773. The Bertz CT molecular complexity index is 915. The highest BCUT2D eigenvalue weighted by atomic mass is 32.1. The number of fused-ring (bicyclic) bond motifs is 3. The van der Waals surface area contributed by atoms with Crippen LogP contribution in [0.1, 0.15) is 69.2 Å². The van der Waals surface area contributed by atoms with Gasteiger partial charge in [-0.2, -0.15) is 0 Å². The Morgan fingerprint density at radius 2 is 2.00 bits per heavy atom. The number of nitrogens with zero attached hydrogens (tertiary/aromatic N) is 3. The van der Waals surface area contributed by atoms with E-state index >= 15 is 0 Å². The second-order valence-electron chi connectivity index (χ2n) is 9.50. The Balaban J connectivity index is 1.43. The summed E-state index contributed by atoms with van der Waals surface area (Å²) in [7, 11) is 1.84. The molecule has 164 valence electrons. The minimum Gasteiger partial charge on any atom is -0.444 e. The predicted molar refractivity (Wildman–Crippen MR) is 119 cm³/mol. The SMILES string of the molecule is CN(C(=O)OC(C)(C)C)[C@H]1CC[C@H](Nc2ncnc3sc4c(c23)[C@@H](CO)CC4)CC1. The van der Waals surface area contributed by atoms with E-state index in [1.165, 1.54) is 10.4 Å². The molecule has 0 spiro atoms. The van der Waals surface area contributed by atoms with Crippen LogP contribution >= 0.6 is 11.3 Å². The Hall–Kier alpha value is -1.93. The molecule has 1 atom stereocenters. The van der Waals surface area contributed by atoms with Crippen LogP contribution in [-0.2, 0) is 11.2 Å². The van der Waals surface area contributed by atoms with Crippen molar-refractivity contribution in [3.8, 4) is 0 Å². The van der Waals surface area contributed by atoms with E-state index < -0.39 is 5.60 Å². The zero-order valence-electron chi connectivity index (χ0n) is 18.3. The Kier molecular flexibility index (Phi) is 5.90. The lowest BCUT2D eigenvalue weighted by Crippen LogP contribution is -2.43. The maximum Gasteiger partial charge on any atom is 0.410 e. The molecule has 2 aromatic rings. The third-order valence-corrected chi connectivity index (χ3v) is 7.39. The maximum atomic E-state index is 12.4. The molecule has 4 rings (SSSR count). The van der Waals surface area contributed by atoms with Gasteiger partial charge in [-0.1, -0.05) is 0 Å². The molecule has 0 radical (unpaired) electrons. The molecule has 0 unspecified atom stereocenters. The van der Waals surface area contributed by atoms with E-state index in [0.717, 1.165) is 54.6 Å². The molecule has 2 N–H and O–H groups in total. The number of amides is 1. The van der Waals surface area contributed by atoms with Gasteiger partial charge in [-0.3, -0.25) is 0 Å². The van der Waals surface area contributed by atoms with Gasteiger partial charge in [-0.05, 0) is 64.9 Å². The van der Waals surface area contributed by atoms with Gasteiger partial charge in [0.05, 0.1) is 12.0 Å². The van der Waals surface area contributed by atoms with Crippen LogP contribution < -0.4 is 5.32 Å². The molecule has 2 aliphatic carbocycles. The van der Waals surface area contributed by atoms with Crippen molar-refractivity contribution in [2.45, 2.75) is 82.9 Å². The molecule has 30 heavy (non-hydrogen) atoms. The molecule has 1 saturated carbocycles. The summed E-state index contributed by atoms with van der Waals surface area (Å²) >= 11 is 1.73. The van der Waals surface area contributed by atoms with Gasteiger partial charge in [0.1, 0.15) is 22.6 Å². The molecule has 8 heteroatoms. The number of anilines is 1. The first-order valence-electron chi connectivity index (χ1n) is 10.9.